The molecule has 1 aliphatic rings. The normalized spacial score (nSPS) is 12.4. The zero-order chi connectivity index (χ0) is 108. The number of aliphatic carboxylic acids is 1. The van der Waals surface area contributed by atoms with Crippen LogP contribution in [0.25, 0.3) is 11.1 Å². The van der Waals surface area contributed by atoms with Gasteiger partial charge in [-0.2, -0.15) is 4.31 Å². The molecule has 0 fully saturated rings. The highest BCUT2D eigenvalue weighted by molar-refractivity contribution is 7.90. The molecule has 0 spiro atoms. The monoisotopic (exact) mass is 2120 g/mol. The Bertz CT molecular complexity index is 6650. The maximum atomic E-state index is 13.3. The number of benzene rings is 10. The van der Waals surface area contributed by atoms with Crippen LogP contribution in [0, 0.1) is 40.5 Å². The fourth-order valence-corrected chi connectivity index (χ4v) is 21.2. The highest BCUT2D eigenvalue weighted by atomic mass is 32.2. The van der Waals surface area contributed by atoms with Crippen LogP contribution in [0.1, 0.15) is 156 Å². The van der Waals surface area contributed by atoms with Crippen molar-refractivity contribution in [2.75, 3.05) is 72.2 Å². The number of hydrogen-bond donors (Lipinski definition) is 9. The van der Waals surface area contributed by atoms with Gasteiger partial charge in [0, 0.05) is 111 Å². The van der Waals surface area contributed by atoms with Crippen molar-refractivity contribution in [3.63, 3.8) is 0 Å². The van der Waals surface area contributed by atoms with E-state index in [1.807, 2.05) is 170 Å². The highest BCUT2D eigenvalue weighted by Gasteiger charge is 2.35. The van der Waals surface area contributed by atoms with Crippen LogP contribution in [0.3, 0.4) is 0 Å². The fourth-order valence-electron chi connectivity index (χ4n) is 15.9. The number of nitrogens with zero attached hydrogens (tertiary/aromatic N) is 7. The van der Waals surface area contributed by atoms with E-state index in [1.165, 1.54) is 72.8 Å². The second-order valence-electron chi connectivity index (χ2n) is 33.7. The molecule has 0 aliphatic heterocycles. The van der Waals surface area contributed by atoms with E-state index in [2.05, 4.69) is 52.0 Å². The van der Waals surface area contributed by atoms with E-state index in [4.69, 9.17) is 10.5 Å². The zero-order valence-electron chi connectivity index (χ0n) is 82.5. The molecule has 1 aliphatic carbocycles. The van der Waals surface area contributed by atoms with Crippen LogP contribution in [-0.2, 0) is 73.6 Å². The van der Waals surface area contributed by atoms with Gasteiger partial charge < -0.3 is 31.5 Å². The molecule has 149 heavy (non-hydrogen) atoms. The molecule has 40 nitrogen and oxygen atoms in total. The summed E-state index contributed by atoms with van der Waals surface area (Å²) in [6.45, 7) is 9.14. The molecule has 1 amide bonds. The molecule has 0 saturated carbocycles. The van der Waals surface area contributed by atoms with Crippen molar-refractivity contribution in [1.29, 1.82) is 0 Å². The number of carbonyl (C=O) groups is 7. The molecule has 4 atom stereocenters. The lowest BCUT2D eigenvalue weighted by atomic mass is 9.98. The molecule has 44 heteroatoms. The van der Waals surface area contributed by atoms with Gasteiger partial charge in [0.15, 0.2) is 31.1 Å². The van der Waals surface area contributed by atoms with Crippen molar-refractivity contribution in [3.05, 3.63) is 353 Å². The van der Waals surface area contributed by atoms with Crippen molar-refractivity contribution in [2.45, 2.75) is 167 Å². The van der Waals surface area contributed by atoms with Gasteiger partial charge in [-0.15, -0.1) is 6.58 Å². The van der Waals surface area contributed by atoms with Crippen molar-refractivity contribution in [3.8, 4) is 11.1 Å². The number of alkyl carbamates (subject to hydrolysis) is 1. The number of ether oxygens (including phenoxy) is 1. The van der Waals surface area contributed by atoms with Gasteiger partial charge in [-0.05, 0) is 104 Å². The largest absolute Gasteiger partial charge is 0.480 e. The topological polar surface area (TPSA) is 596 Å². The third kappa shape index (κ3) is 37.4. The summed E-state index contributed by atoms with van der Waals surface area (Å²) < 4.78 is 115. The number of ketones is 5. The summed E-state index contributed by atoms with van der Waals surface area (Å²) in [5.74, 6) is -1.78. The number of nitrogens with two attached hydrogens (primary N) is 1. The van der Waals surface area contributed by atoms with Crippen LogP contribution in [0.4, 0.5) is 27.5 Å². The Kier molecular flexibility index (Phi) is 49.2. The van der Waals surface area contributed by atoms with Gasteiger partial charge in [-0.3, -0.25) is 79.7 Å². The number of fused-ring (bicyclic) bond motifs is 3. The van der Waals surface area contributed by atoms with E-state index in [-0.39, 0.29) is 149 Å². The average molecular weight is 2120 g/mol. The molecule has 0 aromatic heterocycles. The number of nitro groups is 4. The molecule has 0 heterocycles. The van der Waals surface area contributed by atoms with Gasteiger partial charge >= 0.3 is 12.1 Å². The first-order valence-corrected chi connectivity index (χ1v) is 54.0. The summed E-state index contributed by atoms with van der Waals surface area (Å²) in [6, 6.07) is 72.0. The number of sulfonamides is 4. The van der Waals surface area contributed by atoms with Gasteiger partial charge in [-0.25, -0.2) is 57.4 Å². The number of nitro benzene ring substituents is 4. The van der Waals surface area contributed by atoms with E-state index in [1.54, 1.807) is 20.8 Å². The van der Waals surface area contributed by atoms with Gasteiger partial charge in [0.1, 0.15) is 30.0 Å². The Hall–Kier alpha value is -14.6. The number of amides is 1. The summed E-state index contributed by atoms with van der Waals surface area (Å²) in [7, 11) is -16.3. The summed E-state index contributed by atoms with van der Waals surface area (Å²) in [6.07, 6.45) is 6.36. The molecule has 10 N–H and O–H groups in total. The maximum absolute atomic E-state index is 13.3. The number of Topliss-reactive ketones (excluding diaryl/α,β-unsaturated/α-hetero) is 5. The smallest absolute Gasteiger partial charge is 0.407 e. The van der Waals surface area contributed by atoms with E-state index in [9.17, 15) is 113 Å². The average Bonchev–Trinajstić information content (AvgIpc) is 1.76. The van der Waals surface area contributed by atoms with Gasteiger partial charge in [0.25, 0.3) is 22.7 Å². The molecule has 0 unspecified atom stereocenters. The quantitative estimate of drug-likeness (QED) is 0.00427. The SMILES string of the molecule is C=CCN(CCCC[C@H](NCC(=O)CN=C(c1ccccc1)c1ccccc1)C(=O)CC)S(=O)(=O)c1ccccc1[N+](=O)[O-].CCC(=O)[C@H](CCCCNS(=O)(=O)c1ccccc1[N+](=O)[O-])NCC(=O)CN=C(c1ccccc1)c1ccccc1.CCC(=O)[C@H](CCCCNS(=O)(=O)c1ccccc1[N+](=O)[O-])NCN.O=C(N[C@@H](CCCCNS(=O)(=O)c1ccccc1[N+](=O)[O-])C(=O)O)OCC1c2ccccc2-c2ccccc21. The number of unbranched alkanes of at least 4 members (excludes halogenated alkanes) is 4. The summed E-state index contributed by atoms with van der Waals surface area (Å²) in [4.78, 5) is 136. The Balaban J connectivity index is 0.000000246. The molecule has 0 bridgehead atoms. The lowest BCUT2D eigenvalue weighted by molar-refractivity contribution is -0.388. The first-order chi connectivity index (χ1) is 71.4. The number of rotatable bonds is 60. The third-order valence-corrected chi connectivity index (χ3v) is 29.9. The summed E-state index contributed by atoms with van der Waals surface area (Å²) in [5.41, 5.74) is 12.6. The lowest BCUT2D eigenvalue weighted by Crippen LogP contribution is -2.41. The predicted molar refractivity (Wildman–Crippen MR) is 564 cm³/mol. The Morgan fingerprint density at radius 3 is 1.03 bits per heavy atom. The van der Waals surface area contributed by atoms with E-state index in [0.29, 0.717) is 82.1 Å². The maximum Gasteiger partial charge on any atom is 0.407 e. The van der Waals surface area contributed by atoms with E-state index in [0.717, 1.165) is 79.1 Å². The number of carboxylic acids is 1. The van der Waals surface area contributed by atoms with E-state index < -0.39 is 123 Å². The number of aliphatic imine (C=N–C) groups is 2. The molecular formula is C105H123N15O25S4. The number of carboxylic acid groups (broad SMARTS) is 1. The molecule has 10 aromatic rings. The Labute approximate surface area is 865 Å². The number of carbonyl (C=O) groups excluding carboxylic acids is 6. The lowest BCUT2D eigenvalue weighted by Gasteiger charge is -2.21. The molecular weight excluding hydrogens is 2000 g/mol. The van der Waals surface area contributed by atoms with Crippen molar-refractivity contribution in [1.82, 2.24) is 39.7 Å². The van der Waals surface area contributed by atoms with Crippen LogP contribution in [0.2, 0.25) is 0 Å². The van der Waals surface area contributed by atoms with Crippen molar-refractivity contribution in [2.24, 2.45) is 15.7 Å². The standard InChI is InChI=1S/C33H38N4O6S.C30H34N4O6S.C27H27N3O8S.C15H24N4O5S/c1-3-22-36(44(42,43)32-21-12-11-20-30(32)37(40)41)23-14-13-19-29(31(39)4-2)34-24-28(38)25-35-33(26-15-7-5-8-16-26)27-17-9-6-10-18-27;1-2-28(36)26(17-11-12-20-33-41(39,40)29-19-10-9-18-27(29)34(37)38)31-21-25(35)22-32-30(23-13-5-3-6-14-23)24-15-7-4-8-16-24;31-26(32)23(13-7-8-16-28-39(36,37)25-15-6-5-14-24(25)30(34)35)29-27(33)38-17-22-20-11-3-1-9-18(20)19-10-2-4-12-21(19)22;1-2-14(20)12(17-11-16)7-5-6-10-18-25(23,24)15-9-4-3-8-13(15)19(21)22/h3,5-12,15-18,20-21,29,34H,1,4,13-14,19,22-25H2,2H3;3-10,13-16,18-19,26,31,33H,2,11-12,17,20-22H2,1H3;1-6,9-12,14-15,22-23,28H,7-8,13,16-17H2,(H,29,33)(H,31,32);3-4,8-9,12,17-18H,2,5-7,10-11,16H2,1H3/t29-;26-;23-;12-/m0000/s1. The predicted octanol–water partition coefficient (Wildman–Crippen LogP) is 14.0. The van der Waals surface area contributed by atoms with Crippen LogP contribution in [0.15, 0.2) is 309 Å². The number of nitrogens with one attached hydrogen (secondary N) is 7. The summed E-state index contributed by atoms with van der Waals surface area (Å²) >= 11 is 0. The third-order valence-electron chi connectivity index (χ3n) is 23.5. The molecule has 11 rings (SSSR count). The van der Waals surface area contributed by atoms with Gasteiger partial charge in [-0.1, -0.05) is 264 Å². The Morgan fingerprint density at radius 2 is 0.705 bits per heavy atom. The molecule has 0 radical (unpaired) electrons. The minimum absolute atomic E-state index is 0.0209. The van der Waals surface area contributed by atoms with E-state index >= 15 is 0 Å². The minimum Gasteiger partial charge on any atom is -0.480 e. The van der Waals surface area contributed by atoms with Gasteiger partial charge in [0.05, 0.1) is 75.4 Å². The van der Waals surface area contributed by atoms with Crippen LogP contribution in [-0.4, -0.2) is 212 Å². The number of hydrogen-bond acceptors (Lipinski definition) is 30. The van der Waals surface area contributed by atoms with Crippen LogP contribution in [0.5, 0.6) is 0 Å². The zero-order valence-corrected chi connectivity index (χ0v) is 85.8. The number of para-hydroxylation sites is 4. The van der Waals surface area contributed by atoms with Crippen LogP contribution >= 0.6 is 0 Å². The second kappa shape index (κ2) is 61.3. The van der Waals surface area contributed by atoms with Crippen molar-refractivity contribution < 1.29 is 96.8 Å². The fraction of sp³-hybridized carbons (Fsp3) is 0.324. The highest BCUT2D eigenvalue weighted by Crippen LogP contribution is 2.45. The Morgan fingerprint density at radius 1 is 0.409 bits per heavy atom. The van der Waals surface area contributed by atoms with Crippen molar-refractivity contribution >= 4 is 115 Å². The first-order valence-electron chi connectivity index (χ1n) is 48.1. The summed E-state index contributed by atoms with van der Waals surface area (Å²) in [5, 5.41) is 65.6. The molecule has 792 valence electrons. The first kappa shape index (κ1) is 120. The minimum atomic E-state index is -4.15. The molecule has 0 saturated heterocycles. The molecule has 10 aromatic carbocycles. The van der Waals surface area contributed by atoms with Crippen LogP contribution < -0.4 is 41.2 Å². The van der Waals surface area contributed by atoms with Gasteiger partial charge in [0.2, 0.25) is 40.1 Å². The second-order valence-corrected chi connectivity index (χ2v) is 40.9.